The summed E-state index contributed by atoms with van der Waals surface area (Å²) < 4.78 is 0. The highest BCUT2D eigenvalue weighted by Crippen LogP contribution is 2.31. The molecule has 0 atom stereocenters. The highest BCUT2D eigenvalue weighted by atomic mass is 15.1. The maximum Gasteiger partial charge on any atom is 0.0573 e. The van der Waals surface area contributed by atoms with Gasteiger partial charge in [-0.05, 0) is 38.2 Å². The van der Waals surface area contributed by atoms with Gasteiger partial charge in [-0.25, -0.2) is 0 Å². The summed E-state index contributed by atoms with van der Waals surface area (Å²) in [4.78, 5) is 6.81. The second-order valence-corrected chi connectivity index (χ2v) is 4.85. The number of anilines is 2. The van der Waals surface area contributed by atoms with Crippen LogP contribution < -0.4 is 10.2 Å². The molecule has 17 heavy (non-hydrogen) atoms. The molecule has 1 N–H and O–H groups in total. The summed E-state index contributed by atoms with van der Waals surface area (Å²) in [5.74, 6) is 0.921. The van der Waals surface area contributed by atoms with Crippen molar-refractivity contribution < 1.29 is 0 Å². The van der Waals surface area contributed by atoms with Crippen molar-refractivity contribution in [1.82, 2.24) is 4.98 Å². The number of pyridine rings is 1. The Morgan fingerprint density at radius 1 is 1.35 bits per heavy atom. The third-order valence-corrected chi connectivity index (χ3v) is 3.14. The topological polar surface area (TPSA) is 28.2 Å². The van der Waals surface area contributed by atoms with Crippen molar-refractivity contribution in [2.75, 3.05) is 29.9 Å². The molecule has 1 saturated carbocycles. The van der Waals surface area contributed by atoms with Gasteiger partial charge in [-0.3, -0.25) is 4.98 Å². The minimum absolute atomic E-state index is 0.921. The van der Waals surface area contributed by atoms with E-state index in [-0.39, 0.29) is 0 Å². The lowest BCUT2D eigenvalue weighted by molar-refractivity contribution is 0.707. The zero-order valence-electron chi connectivity index (χ0n) is 10.9. The van der Waals surface area contributed by atoms with Gasteiger partial charge in [0.2, 0.25) is 0 Å². The molecular weight excluding hydrogens is 210 g/mol. The van der Waals surface area contributed by atoms with E-state index in [1.54, 1.807) is 0 Å². The zero-order valence-corrected chi connectivity index (χ0v) is 10.9. The number of nitrogens with zero attached hydrogens (tertiary/aromatic N) is 2. The third-order valence-electron chi connectivity index (χ3n) is 3.14. The van der Waals surface area contributed by atoms with Crippen LogP contribution in [0.25, 0.3) is 0 Å². The summed E-state index contributed by atoms with van der Waals surface area (Å²) in [6.07, 6.45) is 7.88. The molecule has 3 nitrogen and oxygen atoms in total. The fourth-order valence-electron chi connectivity index (χ4n) is 2.11. The molecule has 1 fully saturated rings. The molecule has 1 aromatic heterocycles. The maximum atomic E-state index is 4.33. The molecule has 0 bridgehead atoms. The van der Waals surface area contributed by atoms with Crippen molar-refractivity contribution in [3.8, 4) is 0 Å². The lowest BCUT2D eigenvalue weighted by atomic mass is 10.2. The summed E-state index contributed by atoms with van der Waals surface area (Å²) in [5, 5.41) is 3.32. The average molecular weight is 233 g/mol. The van der Waals surface area contributed by atoms with Gasteiger partial charge in [0.25, 0.3) is 0 Å². The first-order valence-electron chi connectivity index (χ1n) is 6.77. The first kappa shape index (κ1) is 12.2. The van der Waals surface area contributed by atoms with Gasteiger partial charge < -0.3 is 10.2 Å². The standard InChI is InChI=1S/C14H23N3/c1-3-7-17(11-12-5-6-12)14-8-13(16-4-2)9-15-10-14/h8-10,12,16H,3-7,11H2,1-2H3. The molecule has 1 heterocycles. The second kappa shape index (κ2) is 5.89. The smallest absolute Gasteiger partial charge is 0.0573 e. The molecule has 0 amide bonds. The Hall–Kier alpha value is -1.25. The zero-order chi connectivity index (χ0) is 12.1. The highest BCUT2D eigenvalue weighted by Gasteiger charge is 2.24. The number of hydrogen-bond acceptors (Lipinski definition) is 3. The van der Waals surface area contributed by atoms with E-state index in [4.69, 9.17) is 0 Å². The van der Waals surface area contributed by atoms with Gasteiger partial charge in [-0.15, -0.1) is 0 Å². The summed E-state index contributed by atoms with van der Waals surface area (Å²) in [6.45, 7) is 7.63. The molecule has 0 aromatic carbocycles. The minimum atomic E-state index is 0.921. The van der Waals surface area contributed by atoms with Crippen LogP contribution in [-0.2, 0) is 0 Å². The highest BCUT2D eigenvalue weighted by molar-refractivity contribution is 5.55. The van der Waals surface area contributed by atoms with E-state index in [0.717, 1.165) is 24.7 Å². The SMILES string of the molecule is CCCN(CC1CC1)c1cncc(NCC)c1. The van der Waals surface area contributed by atoms with Crippen molar-refractivity contribution in [3.63, 3.8) is 0 Å². The van der Waals surface area contributed by atoms with Crippen LogP contribution in [0.2, 0.25) is 0 Å². The maximum absolute atomic E-state index is 4.33. The van der Waals surface area contributed by atoms with Gasteiger partial charge in [-0.2, -0.15) is 0 Å². The van der Waals surface area contributed by atoms with Crippen LogP contribution in [0, 0.1) is 5.92 Å². The molecule has 94 valence electrons. The van der Waals surface area contributed by atoms with Crippen molar-refractivity contribution in [1.29, 1.82) is 0 Å². The molecule has 0 radical (unpaired) electrons. The van der Waals surface area contributed by atoms with Gasteiger partial charge in [0, 0.05) is 19.6 Å². The van der Waals surface area contributed by atoms with Crippen molar-refractivity contribution >= 4 is 11.4 Å². The third kappa shape index (κ3) is 3.62. The number of hydrogen-bond donors (Lipinski definition) is 1. The summed E-state index contributed by atoms with van der Waals surface area (Å²) in [7, 11) is 0. The lowest BCUT2D eigenvalue weighted by Crippen LogP contribution is -2.26. The number of aromatic nitrogens is 1. The minimum Gasteiger partial charge on any atom is -0.384 e. The van der Waals surface area contributed by atoms with Gasteiger partial charge in [-0.1, -0.05) is 6.92 Å². The summed E-state index contributed by atoms with van der Waals surface area (Å²) in [6, 6.07) is 2.22. The molecule has 2 rings (SSSR count). The average Bonchev–Trinajstić information content (AvgIpc) is 3.13. The van der Waals surface area contributed by atoms with E-state index in [9.17, 15) is 0 Å². The van der Waals surface area contributed by atoms with E-state index in [1.807, 2.05) is 12.4 Å². The Morgan fingerprint density at radius 2 is 2.18 bits per heavy atom. The van der Waals surface area contributed by atoms with Crippen LogP contribution in [0.3, 0.4) is 0 Å². The van der Waals surface area contributed by atoms with E-state index >= 15 is 0 Å². The molecule has 0 aliphatic heterocycles. The van der Waals surface area contributed by atoms with Crippen LogP contribution in [0.5, 0.6) is 0 Å². The Bertz CT molecular complexity index is 347. The molecule has 1 aliphatic rings. The predicted molar refractivity (Wildman–Crippen MR) is 73.6 cm³/mol. The fourth-order valence-corrected chi connectivity index (χ4v) is 2.11. The quantitative estimate of drug-likeness (QED) is 0.784. The van der Waals surface area contributed by atoms with Crippen LogP contribution in [-0.4, -0.2) is 24.6 Å². The number of nitrogens with one attached hydrogen (secondary N) is 1. The molecule has 0 unspecified atom stereocenters. The molecule has 3 heteroatoms. The van der Waals surface area contributed by atoms with Gasteiger partial charge in [0.1, 0.15) is 0 Å². The Balaban J connectivity index is 2.06. The van der Waals surface area contributed by atoms with Crippen LogP contribution >= 0.6 is 0 Å². The van der Waals surface area contributed by atoms with Crippen molar-refractivity contribution in [3.05, 3.63) is 18.5 Å². The molecule has 1 aromatic rings. The molecule has 1 aliphatic carbocycles. The Morgan fingerprint density at radius 3 is 2.82 bits per heavy atom. The summed E-state index contributed by atoms with van der Waals surface area (Å²) >= 11 is 0. The Kier molecular flexibility index (Phi) is 4.24. The fraction of sp³-hybridized carbons (Fsp3) is 0.643. The van der Waals surface area contributed by atoms with Gasteiger partial charge in [0.05, 0.1) is 23.8 Å². The van der Waals surface area contributed by atoms with E-state index in [0.29, 0.717) is 0 Å². The lowest BCUT2D eigenvalue weighted by Gasteiger charge is -2.24. The summed E-state index contributed by atoms with van der Waals surface area (Å²) in [5.41, 5.74) is 2.39. The molecule has 0 spiro atoms. The van der Waals surface area contributed by atoms with Gasteiger partial charge >= 0.3 is 0 Å². The molecule has 0 saturated heterocycles. The largest absolute Gasteiger partial charge is 0.384 e. The van der Waals surface area contributed by atoms with E-state index < -0.39 is 0 Å². The van der Waals surface area contributed by atoms with Crippen molar-refractivity contribution in [2.45, 2.75) is 33.1 Å². The van der Waals surface area contributed by atoms with E-state index in [1.165, 1.54) is 31.5 Å². The van der Waals surface area contributed by atoms with Crippen LogP contribution in [0.4, 0.5) is 11.4 Å². The predicted octanol–water partition coefficient (Wildman–Crippen LogP) is 3.14. The molecular formula is C14H23N3. The van der Waals surface area contributed by atoms with Gasteiger partial charge in [0.15, 0.2) is 0 Å². The normalized spacial score (nSPS) is 14.7. The van der Waals surface area contributed by atoms with E-state index in [2.05, 4.69) is 35.1 Å². The monoisotopic (exact) mass is 233 g/mol. The number of rotatable bonds is 7. The first-order valence-corrected chi connectivity index (χ1v) is 6.77. The van der Waals surface area contributed by atoms with Crippen molar-refractivity contribution in [2.24, 2.45) is 5.92 Å². The second-order valence-electron chi connectivity index (χ2n) is 4.85. The first-order chi connectivity index (χ1) is 8.33. The van der Waals surface area contributed by atoms with Crippen LogP contribution in [0.1, 0.15) is 33.1 Å². The Labute approximate surface area is 104 Å². The van der Waals surface area contributed by atoms with Crippen LogP contribution in [0.15, 0.2) is 18.5 Å².